The lowest BCUT2D eigenvalue weighted by Crippen LogP contribution is -2.22. The molecule has 1 fully saturated rings. The SMILES string of the molecule is O=C1CCON1c1cccc2ncccc12. The van der Waals surface area contributed by atoms with E-state index in [0.29, 0.717) is 13.0 Å². The fourth-order valence-electron chi connectivity index (χ4n) is 1.87. The number of fused-ring (bicyclic) bond motifs is 1. The van der Waals surface area contributed by atoms with E-state index < -0.39 is 0 Å². The van der Waals surface area contributed by atoms with Crippen molar-refractivity contribution in [2.75, 3.05) is 11.7 Å². The van der Waals surface area contributed by atoms with Gasteiger partial charge in [-0.05, 0) is 24.3 Å². The van der Waals surface area contributed by atoms with E-state index in [-0.39, 0.29) is 5.91 Å². The fraction of sp³-hybridized carbons (Fsp3) is 0.167. The lowest BCUT2D eigenvalue weighted by molar-refractivity contribution is -0.119. The second kappa shape index (κ2) is 3.57. The summed E-state index contributed by atoms with van der Waals surface area (Å²) in [6.07, 6.45) is 2.18. The monoisotopic (exact) mass is 214 g/mol. The zero-order chi connectivity index (χ0) is 11.0. The van der Waals surface area contributed by atoms with Gasteiger partial charge in [-0.1, -0.05) is 6.07 Å². The third kappa shape index (κ3) is 1.35. The highest BCUT2D eigenvalue weighted by Crippen LogP contribution is 2.28. The highest BCUT2D eigenvalue weighted by atomic mass is 16.7. The van der Waals surface area contributed by atoms with E-state index in [1.807, 2.05) is 30.3 Å². The zero-order valence-electron chi connectivity index (χ0n) is 8.59. The molecule has 1 aliphatic heterocycles. The second-order valence-corrected chi connectivity index (χ2v) is 3.62. The molecule has 0 saturated carbocycles. The molecule has 0 N–H and O–H groups in total. The van der Waals surface area contributed by atoms with Gasteiger partial charge in [0.1, 0.15) is 0 Å². The van der Waals surface area contributed by atoms with Gasteiger partial charge in [0.15, 0.2) is 0 Å². The molecule has 0 unspecified atom stereocenters. The van der Waals surface area contributed by atoms with Gasteiger partial charge in [0.25, 0.3) is 5.91 Å². The molecule has 0 aliphatic carbocycles. The Hall–Kier alpha value is -1.94. The first kappa shape index (κ1) is 9.30. The van der Waals surface area contributed by atoms with Gasteiger partial charge < -0.3 is 0 Å². The van der Waals surface area contributed by atoms with Crippen LogP contribution in [0.2, 0.25) is 0 Å². The maximum Gasteiger partial charge on any atom is 0.253 e. The summed E-state index contributed by atoms with van der Waals surface area (Å²) in [5, 5.41) is 2.30. The van der Waals surface area contributed by atoms with Crippen molar-refractivity contribution >= 4 is 22.5 Å². The molecule has 16 heavy (non-hydrogen) atoms. The quantitative estimate of drug-likeness (QED) is 0.728. The average Bonchev–Trinajstić information content (AvgIpc) is 2.75. The molecule has 4 heteroatoms. The predicted octanol–water partition coefficient (Wildman–Crippen LogP) is 1.90. The summed E-state index contributed by atoms with van der Waals surface area (Å²) in [5.41, 5.74) is 1.64. The predicted molar refractivity (Wildman–Crippen MR) is 59.8 cm³/mol. The van der Waals surface area contributed by atoms with Gasteiger partial charge in [0, 0.05) is 11.6 Å². The third-order valence-electron chi connectivity index (χ3n) is 2.60. The van der Waals surface area contributed by atoms with E-state index in [4.69, 9.17) is 4.84 Å². The Labute approximate surface area is 92.4 Å². The Morgan fingerprint density at radius 2 is 2.19 bits per heavy atom. The Balaban J connectivity index is 2.19. The van der Waals surface area contributed by atoms with Gasteiger partial charge >= 0.3 is 0 Å². The molecule has 0 atom stereocenters. The summed E-state index contributed by atoms with van der Waals surface area (Å²) in [6.45, 7) is 0.454. The van der Waals surface area contributed by atoms with Crippen LogP contribution in [0, 0.1) is 0 Å². The number of hydrogen-bond donors (Lipinski definition) is 0. The number of carbonyl (C=O) groups is 1. The number of benzene rings is 1. The van der Waals surface area contributed by atoms with Crippen LogP contribution in [0.5, 0.6) is 0 Å². The normalized spacial score (nSPS) is 16.0. The van der Waals surface area contributed by atoms with Crippen LogP contribution >= 0.6 is 0 Å². The van der Waals surface area contributed by atoms with Crippen molar-refractivity contribution in [2.24, 2.45) is 0 Å². The molecule has 1 aliphatic rings. The van der Waals surface area contributed by atoms with Crippen molar-refractivity contribution in [3.05, 3.63) is 36.5 Å². The van der Waals surface area contributed by atoms with E-state index in [2.05, 4.69) is 4.98 Å². The summed E-state index contributed by atoms with van der Waals surface area (Å²) in [7, 11) is 0. The molecule has 1 saturated heterocycles. The Bertz CT molecular complexity index is 548. The van der Waals surface area contributed by atoms with Crippen LogP contribution in [0.3, 0.4) is 0 Å². The molecule has 1 amide bonds. The molecule has 80 valence electrons. The van der Waals surface area contributed by atoms with Crippen LogP contribution in [-0.2, 0) is 9.63 Å². The minimum atomic E-state index is -0.00338. The summed E-state index contributed by atoms with van der Waals surface area (Å²) in [5.74, 6) is -0.00338. The van der Waals surface area contributed by atoms with Crippen LogP contribution in [0.4, 0.5) is 5.69 Å². The lowest BCUT2D eigenvalue weighted by atomic mass is 10.2. The number of nitrogens with zero attached hydrogens (tertiary/aromatic N) is 2. The minimum absolute atomic E-state index is 0.00338. The first-order valence-corrected chi connectivity index (χ1v) is 5.16. The van der Waals surface area contributed by atoms with Crippen molar-refractivity contribution < 1.29 is 9.63 Å². The number of amides is 1. The molecule has 0 radical (unpaired) electrons. The van der Waals surface area contributed by atoms with Gasteiger partial charge in [0.2, 0.25) is 0 Å². The zero-order valence-corrected chi connectivity index (χ0v) is 8.59. The third-order valence-corrected chi connectivity index (χ3v) is 2.60. The lowest BCUT2D eigenvalue weighted by Gasteiger charge is -2.15. The number of aromatic nitrogens is 1. The number of hydroxylamine groups is 1. The summed E-state index contributed by atoms with van der Waals surface area (Å²) in [4.78, 5) is 21.2. The Morgan fingerprint density at radius 1 is 1.25 bits per heavy atom. The molecule has 1 aromatic carbocycles. The second-order valence-electron chi connectivity index (χ2n) is 3.62. The molecule has 3 rings (SSSR count). The highest BCUT2D eigenvalue weighted by molar-refractivity contribution is 6.02. The number of carbonyl (C=O) groups excluding carboxylic acids is 1. The topological polar surface area (TPSA) is 42.4 Å². The summed E-state index contributed by atoms with van der Waals surface area (Å²) in [6, 6.07) is 9.45. The van der Waals surface area contributed by atoms with Crippen LogP contribution < -0.4 is 5.06 Å². The molecule has 4 nitrogen and oxygen atoms in total. The maximum atomic E-state index is 11.6. The van der Waals surface area contributed by atoms with Gasteiger partial charge in [-0.2, -0.15) is 5.06 Å². The molecular formula is C12H10N2O2. The van der Waals surface area contributed by atoms with E-state index >= 15 is 0 Å². The molecule has 0 bridgehead atoms. The summed E-state index contributed by atoms with van der Waals surface area (Å²) >= 11 is 0. The number of hydrogen-bond acceptors (Lipinski definition) is 3. The van der Waals surface area contributed by atoms with Crippen LogP contribution in [0.25, 0.3) is 10.9 Å². The van der Waals surface area contributed by atoms with Crippen LogP contribution in [0.15, 0.2) is 36.5 Å². The van der Waals surface area contributed by atoms with Gasteiger partial charge in [-0.25, -0.2) is 0 Å². The van der Waals surface area contributed by atoms with E-state index in [1.165, 1.54) is 5.06 Å². The first-order valence-electron chi connectivity index (χ1n) is 5.16. The van der Waals surface area contributed by atoms with Gasteiger partial charge in [-0.15, -0.1) is 0 Å². The van der Waals surface area contributed by atoms with Crippen molar-refractivity contribution in [1.82, 2.24) is 4.98 Å². The Kier molecular flexibility index (Phi) is 2.08. The molecule has 0 spiro atoms. The molecular weight excluding hydrogens is 204 g/mol. The summed E-state index contributed by atoms with van der Waals surface area (Å²) < 4.78 is 0. The van der Waals surface area contributed by atoms with Gasteiger partial charge in [-0.3, -0.25) is 14.6 Å². The number of pyridine rings is 1. The fourth-order valence-corrected chi connectivity index (χ4v) is 1.87. The van der Waals surface area contributed by atoms with E-state index in [0.717, 1.165) is 16.6 Å². The minimum Gasteiger partial charge on any atom is -0.272 e. The van der Waals surface area contributed by atoms with Crippen molar-refractivity contribution in [1.29, 1.82) is 0 Å². The molecule has 1 aromatic heterocycles. The van der Waals surface area contributed by atoms with Gasteiger partial charge in [0.05, 0.1) is 24.2 Å². The van der Waals surface area contributed by atoms with E-state index in [1.54, 1.807) is 6.20 Å². The number of rotatable bonds is 1. The van der Waals surface area contributed by atoms with Crippen LogP contribution in [-0.4, -0.2) is 17.5 Å². The van der Waals surface area contributed by atoms with E-state index in [9.17, 15) is 4.79 Å². The van der Waals surface area contributed by atoms with Crippen molar-refractivity contribution in [3.63, 3.8) is 0 Å². The Morgan fingerprint density at radius 3 is 3.00 bits per heavy atom. The van der Waals surface area contributed by atoms with Crippen molar-refractivity contribution in [3.8, 4) is 0 Å². The average molecular weight is 214 g/mol. The molecule has 2 aromatic rings. The number of anilines is 1. The highest BCUT2D eigenvalue weighted by Gasteiger charge is 2.24. The standard InChI is InChI=1S/C12H10N2O2/c15-12-6-8-16-14(12)11-5-1-4-10-9(11)3-2-7-13-10/h1-5,7H,6,8H2. The smallest absolute Gasteiger partial charge is 0.253 e. The molecule has 2 heterocycles. The largest absolute Gasteiger partial charge is 0.272 e. The maximum absolute atomic E-state index is 11.6. The first-order chi connectivity index (χ1) is 7.86. The van der Waals surface area contributed by atoms with Crippen molar-refractivity contribution in [2.45, 2.75) is 6.42 Å². The van der Waals surface area contributed by atoms with Crippen LogP contribution in [0.1, 0.15) is 6.42 Å².